The minimum absolute atomic E-state index is 0.292. The Morgan fingerprint density at radius 2 is 1.28 bits per heavy atom. The van der Waals surface area contributed by atoms with Crippen molar-refractivity contribution in [2.24, 2.45) is 0 Å². The average Bonchev–Trinajstić information content (AvgIpc) is 2.79. The van der Waals surface area contributed by atoms with Gasteiger partial charge in [0.2, 0.25) is 0 Å². The van der Waals surface area contributed by atoms with Crippen LogP contribution in [0.4, 0.5) is 0 Å². The molecule has 3 aromatic carbocycles. The normalized spacial score (nSPS) is 10.7. The summed E-state index contributed by atoms with van der Waals surface area (Å²) in [6.07, 6.45) is 0. The van der Waals surface area contributed by atoms with E-state index in [1.165, 1.54) is 28.4 Å². The van der Waals surface area contributed by atoms with Crippen molar-refractivity contribution in [1.29, 1.82) is 0 Å². The van der Waals surface area contributed by atoms with E-state index in [9.17, 15) is 0 Å². The van der Waals surface area contributed by atoms with Crippen molar-refractivity contribution in [3.8, 4) is 51.0 Å². The van der Waals surface area contributed by atoms with Crippen molar-refractivity contribution in [2.45, 2.75) is 6.92 Å². The zero-order valence-electron chi connectivity index (χ0n) is 18.5. The largest absolute Gasteiger partial charge is 0.496 e. The molecule has 1 radical (unpaired) electrons. The minimum atomic E-state index is 0.292. The molecule has 0 aliphatic heterocycles. The summed E-state index contributed by atoms with van der Waals surface area (Å²) in [4.78, 5) is 0. The molecule has 0 spiro atoms. The van der Waals surface area contributed by atoms with Gasteiger partial charge < -0.3 is 23.7 Å². The Labute approximate surface area is 202 Å². The lowest BCUT2D eigenvalue weighted by molar-refractivity contribution is 0.386. The molecule has 0 bridgehead atoms. The molecule has 0 N–H and O–H groups in total. The Kier molecular flexibility index (Phi) is 7.55. The minimum Gasteiger partial charge on any atom is -0.496 e. The van der Waals surface area contributed by atoms with E-state index in [2.05, 4.69) is 6.07 Å². The van der Waals surface area contributed by atoms with Crippen molar-refractivity contribution >= 4 is 34.8 Å². The lowest BCUT2D eigenvalue weighted by atomic mass is 9.95. The van der Waals surface area contributed by atoms with Crippen molar-refractivity contribution in [3.05, 3.63) is 51.0 Å². The lowest BCUT2D eigenvalue weighted by Gasteiger charge is -2.22. The molecular formula is C24H22Cl3O5. The topological polar surface area (TPSA) is 46.2 Å². The average molecular weight is 497 g/mol. The van der Waals surface area contributed by atoms with E-state index < -0.39 is 0 Å². The first-order valence-electron chi connectivity index (χ1n) is 9.44. The van der Waals surface area contributed by atoms with Crippen LogP contribution in [-0.2, 0) is 0 Å². The third-order valence-electron chi connectivity index (χ3n) is 4.99. The van der Waals surface area contributed by atoms with E-state index >= 15 is 0 Å². The third-order valence-corrected chi connectivity index (χ3v) is 5.98. The summed E-state index contributed by atoms with van der Waals surface area (Å²) in [5.41, 5.74) is 3.09. The van der Waals surface area contributed by atoms with Crippen LogP contribution in [0.1, 0.15) is 5.56 Å². The summed E-state index contributed by atoms with van der Waals surface area (Å²) in [7, 11) is 7.69. The molecule has 0 saturated heterocycles. The van der Waals surface area contributed by atoms with Crippen LogP contribution in [0.5, 0.6) is 28.7 Å². The van der Waals surface area contributed by atoms with Crippen LogP contribution in [0, 0.1) is 13.0 Å². The van der Waals surface area contributed by atoms with Crippen LogP contribution in [0.2, 0.25) is 15.1 Å². The fraction of sp³-hybridized carbons (Fsp3) is 0.250. The van der Waals surface area contributed by atoms with Gasteiger partial charge in [-0.15, -0.1) is 0 Å². The lowest BCUT2D eigenvalue weighted by Crippen LogP contribution is -2.01. The summed E-state index contributed by atoms with van der Waals surface area (Å²) in [5, 5.41) is 1.31. The van der Waals surface area contributed by atoms with E-state index in [0.29, 0.717) is 66.1 Å². The van der Waals surface area contributed by atoms with Crippen LogP contribution in [-0.4, -0.2) is 35.5 Å². The molecule has 0 amide bonds. The zero-order valence-corrected chi connectivity index (χ0v) is 20.8. The van der Waals surface area contributed by atoms with Gasteiger partial charge in [-0.25, -0.2) is 0 Å². The predicted molar refractivity (Wildman–Crippen MR) is 129 cm³/mol. The van der Waals surface area contributed by atoms with Gasteiger partial charge in [0.25, 0.3) is 0 Å². The van der Waals surface area contributed by atoms with Gasteiger partial charge in [-0.1, -0.05) is 34.8 Å². The Hall–Kier alpha value is -2.47. The number of rotatable bonds is 7. The maximum absolute atomic E-state index is 6.85. The van der Waals surface area contributed by atoms with Gasteiger partial charge in [0.05, 0.1) is 51.7 Å². The highest BCUT2D eigenvalue weighted by molar-refractivity contribution is 6.36. The molecule has 5 nitrogen and oxygen atoms in total. The number of halogens is 3. The molecule has 3 rings (SSSR count). The Morgan fingerprint density at radius 3 is 1.78 bits per heavy atom. The SMILES string of the molecule is COc1[c]c(-c2cc(Cl)c(C)cc2OC)c(Cl)c(OC)c1-c1c(OC)cc(Cl)cc1OC. The van der Waals surface area contributed by atoms with Crippen LogP contribution < -0.4 is 23.7 Å². The second kappa shape index (κ2) is 9.99. The third kappa shape index (κ3) is 4.25. The van der Waals surface area contributed by atoms with Gasteiger partial charge in [0.1, 0.15) is 28.7 Å². The van der Waals surface area contributed by atoms with E-state index in [4.69, 9.17) is 58.5 Å². The van der Waals surface area contributed by atoms with Crippen molar-refractivity contribution in [2.75, 3.05) is 35.5 Å². The molecule has 8 heteroatoms. The molecule has 0 unspecified atom stereocenters. The second-order valence-corrected chi connectivity index (χ2v) is 7.96. The molecule has 0 heterocycles. The summed E-state index contributed by atoms with van der Waals surface area (Å²) < 4.78 is 28.2. The molecular weight excluding hydrogens is 475 g/mol. The maximum atomic E-state index is 6.85. The first-order chi connectivity index (χ1) is 15.3. The number of aryl methyl sites for hydroxylation is 1. The van der Waals surface area contributed by atoms with E-state index in [1.807, 2.05) is 13.0 Å². The predicted octanol–water partition coefficient (Wildman–Crippen LogP) is 7.13. The molecule has 3 aromatic rings. The van der Waals surface area contributed by atoms with Gasteiger partial charge in [-0.05, 0) is 36.8 Å². The zero-order chi connectivity index (χ0) is 23.6. The molecule has 0 saturated carbocycles. The molecule has 0 fully saturated rings. The molecule has 0 atom stereocenters. The van der Waals surface area contributed by atoms with E-state index in [0.717, 1.165) is 5.56 Å². The van der Waals surface area contributed by atoms with Gasteiger partial charge >= 0.3 is 0 Å². The smallest absolute Gasteiger partial charge is 0.149 e. The number of hydrogen-bond acceptors (Lipinski definition) is 5. The Bertz CT molecular complexity index is 1140. The highest BCUT2D eigenvalue weighted by Crippen LogP contribution is 2.54. The summed E-state index contributed by atoms with van der Waals surface area (Å²) in [6, 6.07) is 10.2. The Morgan fingerprint density at radius 1 is 0.688 bits per heavy atom. The molecule has 0 aliphatic carbocycles. The standard InChI is InChI=1S/C24H22Cl3O5/c1-12-7-17(28-2)14(10-16(12)26)15-11-20(31-5)22(24(32-6)23(15)27)21-18(29-3)8-13(25)9-19(21)30-4/h7-10H,1-6H3. The fourth-order valence-electron chi connectivity index (χ4n) is 3.46. The number of methoxy groups -OCH3 is 5. The van der Waals surface area contributed by atoms with Crippen LogP contribution in [0.3, 0.4) is 0 Å². The van der Waals surface area contributed by atoms with Gasteiger partial charge in [0, 0.05) is 27.2 Å². The van der Waals surface area contributed by atoms with Crippen molar-refractivity contribution < 1.29 is 23.7 Å². The van der Waals surface area contributed by atoms with Crippen LogP contribution in [0.25, 0.3) is 22.3 Å². The molecule has 32 heavy (non-hydrogen) atoms. The number of benzene rings is 3. The maximum Gasteiger partial charge on any atom is 0.149 e. The van der Waals surface area contributed by atoms with Gasteiger partial charge in [-0.2, -0.15) is 0 Å². The van der Waals surface area contributed by atoms with E-state index in [1.54, 1.807) is 25.3 Å². The Balaban J connectivity index is 2.43. The van der Waals surface area contributed by atoms with Crippen molar-refractivity contribution in [3.63, 3.8) is 0 Å². The first kappa shape index (κ1) is 24.2. The molecule has 169 valence electrons. The van der Waals surface area contributed by atoms with Crippen molar-refractivity contribution in [1.82, 2.24) is 0 Å². The molecule has 0 aliphatic rings. The summed E-state index contributed by atoms with van der Waals surface area (Å²) in [6.45, 7) is 1.89. The molecule has 0 aromatic heterocycles. The number of hydrogen-bond donors (Lipinski definition) is 0. The fourth-order valence-corrected chi connectivity index (χ4v) is 4.14. The monoisotopic (exact) mass is 495 g/mol. The second-order valence-electron chi connectivity index (χ2n) is 6.74. The van der Waals surface area contributed by atoms with Gasteiger partial charge in [-0.3, -0.25) is 0 Å². The van der Waals surface area contributed by atoms with E-state index in [-0.39, 0.29) is 0 Å². The number of ether oxygens (including phenoxy) is 5. The van der Waals surface area contributed by atoms with Gasteiger partial charge in [0.15, 0.2) is 0 Å². The quantitative estimate of drug-likeness (QED) is 0.348. The first-order valence-corrected chi connectivity index (χ1v) is 10.6. The highest BCUT2D eigenvalue weighted by Gasteiger charge is 2.28. The van der Waals surface area contributed by atoms with Crippen LogP contribution >= 0.6 is 34.8 Å². The summed E-state index contributed by atoms with van der Waals surface area (Å²) in [5.74, 6) is 2.20. The van der Waals surface area contributed by atoms with Crippen LogP contribution in [0.15, 0.2) is 24.3 Å². The summed E-state index contributed by atoms with van der Waals surface area (Å²) >= 11 is 19.5. The highest BCUT2D eigenvalue weighted by atomic mass is 35.5.